The average molecular weight is 623 g/mol. The summed E-state index contributed by atoms with van der Waals surface area (Å²) in [6.07, 6.45) is 0. The fourth-order valence-electron chi connectivity index (χ4n) is 8.90. The quantitative estimate of drug-likeness (QED) is 0.192. The Bertz CT molecular complexity index is 3190. The van der Waals surface area contributed by atoms with Gasteiger partial charge in [0.25, 0.3) is 0 Å². The van der Waals surface area contributed by atoms with Crippen molar-refractivity contribution in [1.29, 1.82) is 0 Å². The Labute approximate surface area is 280 Å². The van der Waals surface area contributed by atoms with Crippen molar-refractivity contribution in [2.45, 2.75) is 0 Å². The molecule has 3 heteroatoms. The van der Waals surface area contributed by atoms with Crippen LogP contribution in [0.3, 0.4) is 0 Å². The molecule has 0 atom stereocenters. The minimum absolute atomic E-state index is 0.917. The van der Waals surface area contributed by atoms with Gasteiger partial charge in [-0.05, 0) is 88.3 Å². The summed E-state index contributed by atoms with van der Waals surface area (Å²) in [6.45, 7) is 0. The van der Waals surface area contributed by atoms with E-state index in [4.69, 9.17) is 4.42 Å². The van der Waals surface area contributed by atoms with Gasteiger partial charge in [0.2, 0.25) is 0 Å². The highest BCUT2D eigenvalue weighted by Crippen LogP contribution is 2.51. The monoisotopic (exact) mass is 622 g/mol. The van der Waals surface area contributed by atoms with E-state index in [1.165, 1.54) is 82.3 Å². The third-order valence-corrected chi connectivity index (χ3v) is 10.8. The van der Waals surface area contributed by atoms with Crippen LogP contribution >= 0.6 is 0 Å². The molecular formula is C46H26N2O. The van der Waals surface area contributed by atoms with E-state index < -0.39 is 0 Å². The lowest BCUT2D eigenvalue weighted by molar-refractivity contribution is 0.669. The standard InChI is InChI=1S/C46H26N2O/c1-2-9-29(10-3-1)47-35-15-6-13-32-33-14-7-16-36-44(33)46-38(26-22-28-21-25-37(47)45(41(28)46)43(32)35)48(36)30-23-19-27(20-24-30)31-12-8-18-40-42(31)34-11-4-5-17-39(34)49-40/h1-26H. The fourth-order valence-corrected chi connectivity index (χ4v) is 8.90. The molecule has 0 radical (unpaired) electrons. The molecule has 8 aromatic carbocycles. The van der Waals surface area contributed by atoms with Gasteiger partial charge in [0.15, 0.2) is 0 Å². The van der Waals surface area contributed by atoms with Crippen LogP contribution in [-0.2, 0) is 0 Å². The second kappa shape index (κ2) is 9.06. The highest BCUT2D eigenvalue weighted by Gasteiger charge is 2.27. The Morgan fingerprint density at radius 2 is 0.878 bits per heavy atom. The van der Waals surface area contributed by atoms with Crippen molar-refractivity contribution in [3.63, 3.8) is 0 Å². The van der Waals surface area contributed by atoms with Crippen LogP contribution in [0.2, 0.25) is 0 Å². The van der Waals surface area contributed by atoms with Gasteiger partial charge in [0.1, 0.15) is 11.2 Å². The van der Waals surface area contributed by atoms with Crippen molar-refractivity contribution in [3.05, 3.63) is 158 Å². The first-order chi connectivity index (χ1) is 24.3. The average Bonchev–Trinajstić information content (AvgIpc) is 3.80. The minimum atomic E-state index is 0.917. The molecule has 3 aromatic heterocycles. The zero-order chi connectivity index (χ0) is 31.8. The van der Waals surface area contributed by atoms with Crippen LogP contribution < -0.4 is 0 Å². The van der Waals surface area contributed by atoms with Gasteiger partial charge >= 0.3 is 0 Å². The van der Waals surface area contributed by atoms with Crippen molar-refractivity contribution in [1.82, 2.24) is 9.13 Å². The number of furan rings is 1. The summed E-state index contributed by atoms with van der Waals surface area (Å²) in [6, 6.07) is 57.4. The van der Waals surface area contributed by atoms with Gasteiger partial charge in [-0.25, -0.2) is 0 Å². The number of para-hydroxylation sites is 2. The van der Waals surface area contributed by atoms with Crippen molar-refractivity contribution in [2.24, 2.45) is 0 Å². The molecule has 0 fully saturated rings. The number of hydrogen-bond acceptors (Lipinski definition) is 1. The number of fused-ring (bicyclic) bond motifs is 4. The number of aromatic nitrogens is 2. The molecule has 0 bridgehead atoms. The molecule has 0 aliphatic heterocycles. The molecule has 1 aliphatic carbocycles. The molecule has 3 nitrogen and oxygen atoms in total. The maximum absolute atomic E-state index is 6.22. The highest BCUT2D eigenvalue weighted by atomic mass is 16.3. The van der Waals surface area contributed by atoms with E-state index in [0.29, 0.717) is 0 Å². The summed E-state index contributed by atoms with van der Waals surface area (Å²) >= 11 is 0. The predicted octanol–water partition coefficient (Wildman–Crippen LogP) is 12.6. The SMILES string of the molecule is c1ccc(-n2c3cccc4c3c3c5c(ccc32)ccc2c5c3c-4cccc3n2-c2ccc(-c3cccc4oc5ccccc5c34)cc2)cc1. The van der Waals surface area contributed by atoms with Gasteiger partial charge in [0, 0.05) is 49.1 Å². The van der Waals surface area contributed by atoms with Crippen LogP contribution in [0.5, 0.6) is 0 Å². The van der Waals surface area contributed by atoms with Crippen molar-refractivity contribution >= 4 is 76.3 Å². The summed E-state index contributed by atoms with van der Waals surface area (Å²) in [5.74, 6) is 0. The third kappa shape index (κ3) is 3.17. The first-order valence-electron chi connectivity index (χ1n) is 16.9. The molecule has 12 rings (SSSR count). The first-order valence-corrected chi connectivity index (χ1v) is 16.9. The van der Waals surface area contributed by atoms with E-state index in [2.05, 4.69) is 155 Å². The summed E-state index contributed by atoms with van der Waals surface area (Å²) in [5.41, 5.74) is 14.1. The van der Waals surface area contributed by atoms with Crippen LogP contribution in [0.1, 0.15) is 0 Å². The van der Waals surface area contributed by atoms with Gasteiger partial charge in [-0.1, -0.05) is 97.1 Å². The van der Waals surface area contributed by atoms with E-state index in [1.54, 1.807) is 0 Å². The molecule has 0 unspecified atom stereocenters. The zero-order valence-electron chi connectivity index (χ0n) is 26.3. The molecule has 0 saturated heterocycles. The molecule has 3 heterocycles. The molecule has 49 heavy (non-hydrogen) atoms. The van der Waals surface area contributed by atoms with Gasteiger partial charge in [0.05, 0.1) is 22.1 Å². The fraction of sp³-hybridized carbons (Fsp3) is 0. The smallest absolute Gasteiger partial charge is 0.136 e. The molecule has 0 spiro atoms. The number of benzene rings is 8. The summed E-state index contributed by atoms with van der Waals surface area (Å²) in [7, 11) is 0. The second-order valence-electron chi connectivity index (χ2n) is 13.2. The largest absolute Gasteiger partial charge is 0.456 e. The number of rotatable bonds is 3. The van der Waals surface area contributed by atoms with Crippen LogP contribution in [0.15, 0.2) is 162 Å². The van der Waals surface area contributed by atoms with Gasteiger partial charge in [-0.3, -0.25) is 0 Å². The third-order valence-electron chi connectivity index (χ3n) is 10.8. The second-order valence-corrected chi connectivity index (χ2v) is 13.2. The van der Waals surface area contributed by atoms with Crippen LogP contribution in [0, 0.1) is 0 Å². The maximum atomic E-state index is 6.22. The number of nitrogens with zero attached hydrogens (tertiary/aromatic N) is 2. The van der Waals surface area contributed by atoms with Gasteiger partial charge in [-0.2, -0.15) is 0 Å². The Morgan fingerprint density at radius 3 is 1.57 bits per heavy atom. The topological polar surface area (TPSA) is 23.0 Å². The Balaban J connectivity index is 1.16. The molecule has 0 saturated carbocycles. The van der Waals surface area contributed by atoms with Crippen molar-refractivity contribution in [2.75, 3.05) is 0 Å². The Morgan fingerprint density at radius 1 is 0.327 bits per heavy atom. The van der Waals surface area contributed by atoms with E-state index >= 15 is 0 Å². The lowest BCUT2D eigenvalue weighted by Crippen LogP contribution is -1.94. The van der Waals surface area contributed by atoms with E-state index in [0.717, 1.165) is 27.6 Å². The molecule has 226 valence electrons. The molecule has 1 aliphatic rings. The maximum Gasteiger partial charge on any atom is 0.136 e. The molecule has 0 N–H and O–H groups in total. The zero-order valence-corrected chi connectivity index (χ0v) is 26.3. The summed E-state index contributed by atoms with van der Waals surface area (Å²) < 4.78 is 11.1. The first kappa shape index (κ1) is 25.5. The van der Waals surface area contributed by atoms with Crippen LogP contribution in [-0.4, -0.2) is 9.13 Å². The molecule has 0 amide bonds. The van der Waals surface area contributed by atoms with Crippen LogP contribution in [0.25, 0.3) is 110 Å². The van der Waals surface area contributed by atoms with E-state index in [9.17, 15) is 0 Å². The molecular weight excluding hydrogens is 597 g/mol. The van der Waals surface area contributed by atoms with Gasteiger partial charge in [-0.15, -0.1) is 0 Å². The summed E-state index contributed by atoms with van der Waals surface area (Å²) in [5, 5.41) is 10.2. The Hall–Kier alpha value is -6.58. The van der Waals surface area contributed by atoms with E-state index in [-0.39, 0.29) is 0 Å². The lowest BCUT2D eigenvalue weighted by Gasteiger charge is -2.12. The van der Waals surface area contributed by atoms with Crippen LogP contribution in [0.4, 0.5) is 0 Å². The Kier molecular flexibility index (Phi) is 4.72. The normalized spacial score (nSPS) is 12.5. The predicted molar refractivity (Wildman–Crippen MR) is 204 cm³/mol. The summed E-state index contributed by atoms with van der Waals surface area (Å²) in [4.78, 5) is 0. The minimum Gasteiger partial charge on any atom is -0.456 e. The van der Waals surface area contributed by atoms with Crippen molar-refractivity contribution < 1.29 is 4.42 Å². The lowest BCUT2D eigenvalue weighted by atomic mass is 9.98. The van der Waals surface area contributed by atoms with Crippen molar-refractivity contribution in [3.8, 4) is 33.6 Å². The molecule has 11 aromatic rings. The number of hydrogen-bond donors (Lipinski definition) is 0. The highest BCUT2D eigenvalue weighted by molar-refractivity contribution is 6.38. The van der Waals surface area contributed by atoms with E-state index in [1.807, 2.05) is 12.1 Å². The van der Waals surface area contributed by atoms with Gasteiger partial charge < -0.3 is 13.6 Å².